The molecule has 16 heavy (non-hydrogen) atoms. The zero-order valence-corrected chi connectivity index (χ0v) is 9.71. The van der Waals surface area contributed by atoms with Crippen molar-refractivity contribution in [1.29, 1.82) is 0 Å². The molecule has 0 saturated carbocycles. The maximum Gasteiger partial charge on any atom is 0.127 e. The summed E-state index contributed by atoms with van der Waals surface area (Å²) in [4.78, 5) is 2.17. The molecule has 0 bridgehead atoms. The van der Waals surface area contributed by atoms with Crippen LogP contribution in [0.5, 0.6) is 5.75 Å². The molecule has 5 heteroatoms. The Morgan fingerprint density at radius 1 is 1.44 bits per heavy atom. The minimum absolute atomic E-state index is 0. The average molecular weight is 247 g/mol. The Hall–Kier alpha value is -0.840. The summed E-state index contributed by atoms with van der Waals surface area (Å²) in [6, 6.07) is 4.38. The Balaban J connectivity index is 0.00000128. The van der Waals surface area contributed by atoms with Gasteiger partial charge >= 0.3 is 0 Å². The summed E-state index contributed by atoms with van der Waals surface area (Å²) >= 11 is 0. The smallest absolute Gasteiger partial charge is 0.127 e. The zero-order valence-electron chi connectivity index (χ0n) is 8.90. The molecule has 3 N–H and O–H groups in total. The van der Waals surface area contributed by atoms with Gasteiger partial charge in [-0.25, -0.2) is 4.39 Å². The van der Waals surface area contributed by atoms with Crippen molar-refractivity contribution < 1.29 is 9.50 Å². The first kappa shape index (κ1) is 13.2. The largest absolute Gasteiger partial charge is 0.508 e. The van der Waals surface area contributed by atoms with Gasteiger partial charge in [-0.3, -0.25) is 4.90 Å². The number of nitrogens with two attached hydrogens (primary N) is 1. The highest BCUT2D eigenvalue weighted by Crippen LogP contribution is 2.18. The standard InChI is InChI=1S/C11H15FN2O.ClH/c12-9-3-8(4-11(15)5-9)6-14-2-1-10(13)7-14;/h3-5,10,15H,1-2,6-7,13H2;1H/t10-;/m1./s1. The van der Waals surface area contributed by atoms with E-state index >= 15 is 0 Å². The number of aromatic hydroxyl groups is 1. The van der Waals surface area contributed by atoms with Crippen molar-refractivity contribution in [2.45, 2.75) is 19.0 Å². The molecule has 1 fully saturated rings. The fraction of sp³-hybridized carbons (Fsp3) is 0.455. The van der Waals surface area contributed by atoms with Crippen LogP contribution in [0.1, 0.15) is 12.0 Å². The fourth-order valence-corrected chi connectivity index (χ4v) is 1.99. The molecule has 0 unspecified atom stereocenters. The van der Waals surface area contributed by atoms with E-state index in [-0.39, 0.29) is 24.2 Å². The molecule has 2 rings (SSSR count). The summed E-state index contributed by atoms with van der Waals surface area (Å²) in [5.41, 5.74) is 6.57. The van der Waals surface area contributed by atoms with Crippen molar-refractivity contribution in [2.75, 3.05) is 13.1 Å². The molecule has 1 aliphatic heterocycles. The van der Waals surface area contributed by atoms with Gasteiger partial charge in [-0.05, 0) is 24.1 Å². The van der Waals surface area contributed by atoms with Crippen LogP contribution in [0.3, 0.4) is 0 Å². The lowest BCUT2D eigenvalue weighted by molar-refractivity contribution is 0.325. The van der Waals surface area contributed by atoms with Crippen LogP contribution in [0.15, 0.2) is 18.2 Å². The summed E-state index contributed by atoms with van der Waals surface area (Å²) < 4.78 is 13.0. The first-order valence-corrected chi connectivity index (χ1v) is 5.10. The van der Waals surface area contributed by atoms with Gasteiger partial charge in [0, 0.05) is 31.7 Å². The van der Waals surface area contributed by atoms with Crippen LogP contribution in [-0.2, 0) is 6.54 Å². The first-order chi connectivity index (χ1) is 7.13. The Bertz CT molecular complexity index is 342. The van der Waals surface area contributed by atoms with Crippen molar-refractivity contribution in [1.82, 2.24) is 4.90 Å². The maximum atomic E-state index is 13.0. The molecule has 1 aliphatic rings. The molecule has 0 aliphatic carbocycles. The maximum absolute atomic E-state index is 13.0. The second-order valence-corrected chi connectivity index (χ2v) is 4.10. The molecule has 0 spiro atoms. The number of hydrogen-bond donors (Lipinski definition) is 2. The number of halogens is 2. The van der Waals surface area contributed by atoms with Gasteiger partial charge < -0.3 is 10.8 Å². The van der Waals surface area contributed by atoms with Crippen LogP contribution < -0.4 is 5.73 Å². The quantitative estimate of drug-likeness (QED) is 0.831. The molecular weight excluding hydrogens is 231 g/mol. The molecule has 1 heterocycles. The van der Waals surface area contributed by atoms with Crippen LogP contribution >= 0.6 is 12.4 Å². The van der Waals surface area contributed by atoms with Gasteiger partial charge in [-0.15, -0.1) is 12.4 Å². The molecule has 1 aromatic rings. The number of benzene rings is 1. The summed E-state index contributed by atoms with van der Waals surface area (Å²) in [5.74, 6) is -0.415. The minimum atomic E-state index is -0.395. The molecule has 1 aromatic carbocycles. The third-order valence-corrected chi connectivity index (χ3v) is 2.66. The monoisotopic (exact) mass is 246 g/mol. The van der Waals surface area contributed by atoms with E-state index < -0.39 is 5.82 Å². The molecule has 0 radical (unpaired) electrons. The molecular formula is C11H16ClFN2O. The molecule has 0 amide bonds. The van der Waals surface area contributed by atoms with Crippen LogP contribution in [0.2, 0.25) is 0 Å². The lowest BCUT2D eigenvalue weighted by atomic mass is 10.2. The predicted molar refractivity (Wildman–Crippen MR) is 63.2 cm³/mol. The van der Waals surface area contributed by atoms with E-state index in [2.05, 4.69) is 4.90 Å². The summed E-state index contributed by atoms with van der Waals surface area (Å²) in [7, 11) is 0. The number of likely N-dealkylation sites (tertiary alicyclic amines) is 1. The van der Waals surface area contributed by atoms with Gasteiger partial charge in [-0.2, -0.15) is 0 Å². The highest BCUT2D eigenvalue weighted by Gasteiger charge is 2.19. The van der Waals surface area contributed by atoms with Gasteiger partial charge in [0.05, 0.1) is 0 Å². The predicted octanol–water partition coefficient (Wildman–Crippen LogP) is 1.49. The first-order valence-electron chi connectivity index (χ1n) is 5.10. The number of hydrogen-bond acceptors (Lipinski definition) is 3. The van der Waals surface area contributed by atoms with Crippen LogP contribution in [0.25, 0.3) is 0 Å². The lowest BCUT2D eigenvalue weighted by Crippen LogP contribution is -2.26. The molecule has 0 aromatic heterocycles. The normalized spacial score (nSPS) is 20.8. The summed E-state index contributed by atoms with van der Waals surface area (Å²) in [5, 5.41) is 9.24. The SMILES string of the molecule is Cl.N[C@@H]1CCN(Cc2cc(O)cc(F)c2)C1. The van der Waals surface area contributed by atoms with Crippen molar-refractivity contribution in [3.8, 4) is 5.75 Å². The fourth-order valence-electron chi connectivity index (χ4n) is 1.99. The van der Waals surface area contributed by atoms with E-state index in [1.54, 1.807) is 6.07 Å². The van der Waals surface area contributed by atoms with Crippen molar-refractivity contribution in [2.24, 2.45) is 5.73 Å². The Kier molecular flexibility index (Phi) is 4.53. The highest BCUT2D eigenvalue weighted by molar-refractivity contribution is 5.85. The molecule has 1 saturated heterocycles. The third kappa shape index (κ3) is 3.33. The summed E-state index contributed by atoms with van der Waals surface area (Å²) in [6.07, 6.45) is 0.987. The molecule has 90 valence electrons. The van der Waals surface area contributed by atoms with E-state index in [1.807, 2.05) is 0 Å². The highest BCUT2D eigenvalue weighted by atomic mass is 35.5. The van der Waals surface area contributed by atoms with Gasteiger partial charge in [0.15, 0.2) is 0 Å². The van der Waals surface area contributed by atoms with E-state index in [1.165, 1.54) is 6.07 Å². The van der Waals surface area contributed by atoms with E-state index in [0.717, 1.165) is 31.1 Å². The Morgan fingerprint density at radius 2 is 2.19 bits per heavy atom. The number of nitrogens with zero attached hydrogens (tertiary/aromatic N) is 1. The van der Waals surface area contributed by atoms with Crippen molar-refractivity contribution >= 4 is 12.4 Å². The van der Waals surface area contributed by atoms with E-state index in [9.17, 15) is 9.50 Å². The van der Waals surface area contributed by atoms with E-state index in [0.29, 0.717) is 6.54 Å². The van der Waals surface area contributed by atoms with Gasteiger partial charge in [-0.1, -0.05) is 0 Å². The van der Waals surface area contributed by atoms with Gasteiger partial charge in [0.2, 0.25) is 0 Å². The lowest BCUT2D eigenvalue weighted by Gasteiger charge is -2.15. The van der Waals surface area contributed by atoms with Crippen molar-refractivity contribution in [3.63, 3.8) is 0 Å². The van der Waals surface area contributed by atoms with E-state index in [4.69, 9.17) is 5.73 Å². The Labute approximate surface area is 100 Å². The average Bonchev–Trinajstić information content (AvgIpc) is 2.49. The second-order valence-electron chi connectivity index (χ2n) is 4.10. The van der Waals surface area contributed by atoms with Crippen LogP contribution in [-0.4, -0.2) is 29.1 Å². The number of rotatable bonds is 2. The molecule has 3 nitrogen and oxygen atoms in total. The molecule has 1 atom stereocenters. The van der Waals surface area contributed by atoms with Gasteiger partial charge in [0.25, 0.3) is 0 Å². The van der Waals surface area contributed by atoms with Crippen molar-refractivity contribution in [3.05, 3.63) is 29.6 Å². The van der Waals surface area contributed by atoms with Crippen LogP contribution in [0, 0.1) is 5.82 Å². The topological polar surface area (TPSA) is 49.5 Å². The second kappa shape index (κ2) is 5.48. The zero-order chi connectivity index (χ0) is 10.8. The van der Waals surface area contributed by atoms with Crippen LogP contribution in [0.4, 0.5) is 4.39 Å². The number of phenolic OH excluding ortho intramolecular Hbond substituents is 1. The minimum Gasteiger partial charge on any atom is -0.508 e. The Morgan fingerprint density at radius 3 is 2.75 bits per heavy atom. The third-order valence-electron chi connectivity index (χ3n) is 2.66. The van der Waals surface area contributed by atoms with Gasteiger partial charge in [0.1, 0.15) is 11.6 Å². The summed E-state index contributed by atoms with van der Waals surface area (Å²) in [6.45, 7) is 2.44. The number of phenols is 1.